The van der Waals surface area contributed by atoms with Gasteiger partial charge in [0.05, 0.1) is 7.11 Å². The minimum atomic E-state index is 0.166. The summed E-state index contributed by atoms with van der Waals surface area (Å²) in [5.41, 5.74) is 5.53. The Morgan fingerprint density at radius 3 is 2.15 bits per heavy atom. The van der Waals surface area contributed by atoms with Crippen LogP contribution in [0.3, 0.4) is 0 Å². The van der Waals surface area contributed by atoms with E-state index in [1.165, 1.54) is 83.3 Å². The Morgan fingerprint density at radius 2 is 1.48 bits per heavy atom. The first-order valence-corrected chi connectivity index (χ1v) is 13.3. The normalized spacial score (nSPS) is 27.8. The van der Waals surface area contributed by atoms with Crippen molar-refractivity contribution in [3.63, 3.8) is 0 Å². The molecule has 0 aliphatic heterocycles. The molecule has 0 radical (unpaired) electrons. The molecule has 4 saturated carbocycles. The highest BCUT2D eigenvalue weighted by Gasteiger charge is 2.52. The summed E-state index contributed by atoms with van der Waals surface area (Å²) in [5.74, 6) is 4.57. The molecule has 3 heteroatoms. The van der Waals surface area contributed by atoms with E-state index in [0.29, 0.717) is 5.41 Å². The maximum absolute atomic E-state index is 11.3. The largest absolute Gasteiger partial charge is 0.496 e. The molecular weight excluding hydrogens is 424 g/mol. The van der Waals surface area contributed by atoms with E-state index < -0.39 is 0 Å². The van der Waals surface area contributed by atoms with Crippen molar-refractivity contribution >= 4 is 27.6 Å². The standard InChI is InChI=1S/C30H32O2S/c1-19(31)33-18-20-3-4-25-13-26(6-5-24(25)12-20)27-7-8-29(32-2)28(14-27)30-15-21-9-22(16-30)11-23(10-21)17-30/h3-8,12-14,21-23H,9-11,15-18H2,1-2H3. The molecule has 0 spiro atoms. The number of benzene rings is 3. The van der Waals surface area contributed by atoms with E-state index in [2.05, 4.69) is 54.6 Å². The van der Waals surface area contributed by atoms with E-state index in [9.17, 15) is 4.79 Å². The van der Waals surface area contributed by atoms with Crippen LogP contribution < -0.4 is 4.74 Å². The van der Waals surface area contributed by atoms with Crippen LogP contribution >= 0.6 is 11.8 Å². The summed E-state index contributed by atoms with van der Waals surface area (Å²) in [6, 6.07) is 20.2. The van der Waals surface area contributed by atoms with Crippen LogP contribution in [-0.4, -0.2) is 12.2 Å². The quantitative estimate of drug-likeness (QED) is 0.392. The number of carbonyl (C=O) groups excluding carboxylic acids is 1. The minimum Gasteiger partial charge on any atom is -0.496 e. The zero-order valence-corrected chi connectivity index (χ0v) is 20.4. The summed E-state index contributed by atoms with van der Waals surface area (Å²) < 4.78 is 5.92. The first kappa shape index (κ1) is 21.3. The molecule has 0 saturated heterocycles. The number of hydrogen-bond donors (Lipinski definition) is 0. The zero-order valence-electron chi connectivity index (χ0n) is 19.6. The molecule has 0 unspecified atom stereocenters. The lowest BCUT2D eigenvalue weighted by Crippen LogP contribution is -2.48. The summed E-state index contributed by atoms with van der Waals surface area (Å²) in [7, 11) is 1.83. The average Bonchev–Trinajstić information content (AvgIpc) is 2.81. The smallest absolute Gasteiger partial charge is 0.186 e. The molecule has 3 aromatic rings. The second kappa shape index (κ2) is 8.20. The van der Waals surface area contributed by atoms with E-state index in [1.54, 1.807) is 6.92 Å². The first-order valence-electron chi connectivity index (χ1n) is 12.4. The third-order valence-corrected chi connectivity index (χ3v) is 9.37. The molecule has 4 aliphatic rings. The molecule has 4 bridgehead atoms. The molecule has 0 aromatic heterocycles. The van der Waals surface area contributed by atoms with Crippen molar-refractivity contribution in [1.82, 2.24) is 0 Å². The van der Waals surface area contributed by atoms with Crippen molar-refractivity contribution in [2.45, 2.75) is 56.6 Å². The van der Waals surface area contributed by atoms with Crippen molar-refractivity contribution in [2.75, 3.05) is 7.11 Å². The Bertz CT molecular complexity index is 1190. The third-order valence-electron chi connectivity index (χ3n) is 8.49. The predicted octanol–water partition coefficient (Wildman–Crippen LogP) is 7.76. The number of fused-ring (bicyclic) bond motifs is 1. The summed E-state index contributed by atoms with van der Waals surface area (Å²) in [6.45, 7) is 1.63. The van der Waals surface area contributed by atoms with Crippen molar-refractivity contribution < 1.29 is 9.53 Å². The Labute approximate surface area is 201 Å². The third kappa shape index (κ3) is 3.89. The van der Waals surface area contributed by atoms with Crippen LogP contribution in [0.15, 0.2) is 54.6 Å². The van der Waals surface area contributed by atoms with Gasteiger partial charge in [0, 0.05) is 18.2 Å². The number of thioether (sulfide) groups is 1. The first-order chi connectivity index (χ1) is 16.0. The Hall–Kier alpha value is -2.26. The molecule has 4 fully saturated rings. The minimum absolute atomic E-state index is 0.166. The van der Waals surface area contributed by atoms with Crippen molar-refractivity contribution in [3.05, 3.63) is 65.7 Å². The highest BCUT2D eigenvalue weighted by molar-refractivity contribution is 8.12. The fourth-order valence-electron chi connectivity index (χ4n) is 7.49. The number of ether oxygens (including phenoxy) is 1. The fraction of sp³-hybridized carbons (Fsp3) is 0.433. The summed E-state index contributed by atoms with van der Waals surface area (Å²) in [5, 5.41) is 2.64. The van der Waals surface area contributed by atoms with E-state index in [1.807, 2.05) is 7.11 Å². The highest BCUT2D eigenvalue weighted by Crippen LogP contribution is 2.62. The van der Waals surface area contributed by atoms with Crippen molar-refractivity contribution in [3.8, 4) is 16.9 Å². The van der Waals surface area contributed by atoms with Gasteiger partial charge >= 0.3 is 0 Å². The molecule has 33 heavy (non-hydrogen) atoms. The van der Waals surface area contributed by atoms with Gasteiger partial charge in [0.2, 0.25) is 0 Å². The topological polar surface area (TPSA) is 26.3 Å². The van der Waals surface area contributed by atoms with Crippen LogP contribution in [0.4, 0.5) is 0 Å². The fourth-order valence-corrected chi connectivity index (χ4v) is 8.04. The molecule has 4 aliphatic carbocycles. The van der Waals surface area contributed by atoms with E-state index in [0.717, 1.165) is 29.3 Å². The SMILES string of the molecule is COc1ccc(-c2ccc3cc(CSC(C)=O)ccc3c2)cc1C12CC3CC(CC(C3)C1)C2. The van der Waals surface area contributed by atoms with Gasteiger partial charge in [-0.2, -0.15) is 0 Å². The van der Waals surface area contributed by atoms with Gasteiger partial charge in [0.25, 0.3) is 0 Å². The lowest BCUT2D eigenvalue weighted by molar-refractivity contribution is -0.109. The lowest BCUT2D eigenvalue weighted by atomic mass is 9.48. The van der Waals surface area contributed by atoms with Crippen LogP contribution in [-0.2, 0) is 16.0 Å². The summed E-state index contributed by atoms with van der Waals surface area (Å²) in [6.07, 6.45) is 8.41. The zero-order chi connectivity index (χ0) is 22.6. The summed E-state index contributed by atoms with van der Waals surface area (Å²) >= 11 is 1.37. The molecule has 0 amide bonds. The highest BCUT2D eigenvalue weighted by atomic mass is 32.2. The second-order valence-electron chi connectivity index (χ2n) is 10.8. The van der Waals surface area contributed by atoms with Gasteiger partial charge in [-0.05, 0) is 107 Å². The molecule has 3 aromatic carbocycles. The maximum atomic E-state index is 11.3. The van der Waals surface area contributed by atoms with E-state index in [4.69, 9.17) is 4.74 Å². The molecule has 2 nitrogen and oxygen atoms in total. The number of carbonyl (C=O) groups is 1. The van der Waals surface area contributed by atoms with E-state index in [-0.39, 0.29) is 5.12 Å². The Morgan fingerprint density at radius 1 is 0.879 bits per heavy atom. The van der Waals surface area contributed by atoms with Crippen molar-refractivity contribution in [2.24, 2.45) is 17.8 Å². The van der Waals surface area contributed by atoms with Gasteiger partial charge in [-0.3, -0.25) is 4.79 Å². The molecular formula is C30H32O2S. The second-order valence-corrected chi connectivity index (χ2v) is 11.9. The molecule has 7 rings (SSSR count). The van der Waals surface area contributed by atoms with Crippen LogP contribution in [0.1, 0.15) is 56.6 Å². The molecule has 170 valence electrons. The van der Waals surface area contributed by atoms with Gasteiger partial charge in [-0.15, -0.1) is 0 Å². The summed E-state index contributed by atoms with van der Waals surface area (Å²) in [4.78, 5) is 11.3. The van der Waals surface area contributed by atoms with Crippen LogP contribution in [0, 0.1) is 17.8 Å². The van der Waals surface area contributed by atoms with Crippen LogP contribution in [0.2, 0.25) is 0 Å². The number of hydrogen-bond acceptors (Lipinski definition) is 3. The van der Waals surface area contributed by atoms with Gasteiger partial charge < -0.3 is 4.74 Å². The lowest BCUT2D eigenvalue weighted by Gasteiger charge is -2.57. The molecule has 0 atom stereocenters. The van der Waals surface area contributed by atoms with Gasteiger partial charge in [-0.1, -0.05) is 48.2 Å². The average molecular weight is 457 g/mol. The predicted molar refractivity (Wildman–Crippen MR) is 138 cm³/mol. The Kier molecular flexibility index (Phi) is 5.29. The van der Waals surface area contributed by atoms with Gasteiger partial charge in [0.15, 0.2) is 5.12 Å². The number of rotatable bonds is 5. The van der Waals surface area contributed by atoms with E-state index >= 15 is 0 Å². The maximum Gasteiger partial charge on any atom is 0.186 e. The van der Waals surface area contributed by atoms with Crippen molar-refractivity contribution in [1.29, 1.82) is 0 Å². The van der Waals surface area contributed by atoms with Gasteiger partial charge in [-0.25, -0.2) is 0 Å². The van der Waals surface area contributed by atoms with Gasteiger partial charge in [0.1, 0.15) is 5.75 Å². The number of methoxy groups -OCH3 is 1. The molecule has 0 heterocycles. The Balaban J connectivity index is 1.36. The van der Waals surface area contributed by atoms with Crippen LogP contribution in [0.25, 0.3) is 21.9 Å². The monoisotopic (exact) mass is 456 g/mol. The van der Waals surface area contributed by atoms with Crippen LogP contribution in [0.5, 0.6) is 5.75 Å². The molecule has 0 N–H and O–H groups in total.